The van der Waals surface area contributed by atoms with Crippen molar-refractivity contribution in [3.05, 3.63) is 86.7 Å². The lowest BCUT2D eigenvalue weighted by Crippen LogP contribution is -2.51. The number of rotatable bonds is 5. The minimum absolute atomic E-state index is 0.0347. The van der Waals surface area contributed by atoms with Gasteiger partial charge >= 0.3 is 5.97 Å². The van der Waals surface area contributed by atoms with Crippen LogP contribution in [0.5, 0.6) is 0 Å². The highest BCUT2D eigenvalue weighted by Crippen LogP contribution is 2.45. The lowest BCUT2D eigenvalue weighted by atomic mass is 10.0. The van der Waals surface area contributed by atoms with Gasteiger partial charge in [0, 0.05) is 29.9 Å². The minimum Gasteiger partial charge on any atom is -0.456 e. The number of nitro benzene ring substituents is 1. The van der Waals surface area contributed by atoms with Crippen LogP contribution in [0.2, 0.25) is 0 Å². The monoisotopic (exact) mass is 395 g/mol. The fraction of sp³-hybridized carbons (Fsp3) is 0.105. The first-order valence-corrected chi connectivity index (χ1v) is 9.20. The largest absolute Gasteiger partial charge is 0.456 e. The standard InChI is InChI=1S/C19H13N3O5S/c23-17-15(9-12-5-7-20-8-6-12)18-21(17)16(11-28-18)19(24)27-10-13-1-3-14(4-2-13)22(25)26/h1-9,11,18H,10H2/b15-9-. The molecule has 8 nitrogen and oxygen atoms in total. The molecule has 1 amide bonds. The van der Waals surface area contributed by atoms with Crippen molar-refractivity contribution in [3.8, 4) is 0 Å². The fourth-order valence-corrected chi connectivity index (χ4v) is 3.95. The maximum Gasteiger partial charge on any atom is 0.355 e. The quantitative estimate of drug-likeness (QED) is 0.252. The van der Waals surface area contributed by atoms with Crippen molar-refractivity contribution in [2.75, 3.05) is 0 Å². The molecule has 0 N–H and O–H groups in total. The van der Waals surface area contributed by atoms with E-state index in [1.807, 2.05) is 0 Å². The van der Waals surface area contributed by atoms with Crippen LogP contribution >= 0.6 is 11.8 Å². The topological polar surface area (TPSA) is 103 Å². The van der Waals surface area contributed by atoms with Gasteiger partial charge in [0.2, 0.25) is 0 Å². The smallest absolute Gasteiger partial charge is 0.355 e. The van der Waals surface area contributed by atoms with E-state index in [9.17, 15) is 19.7 Å². The van der Waals surface area contributed by atoms with E-state index in [0.717, 1.165) is 5.56 Å². The summed E-state index contributed by atoms with van der Waals surface area (Å²) in [6, 6.07) is 9.34. The molecule has 2 aromatic rings. The summed E-state index contributed by atoms with van der Waals surface area (Å²) in [5.74, 6) is -0.838. The van der Waals surface area contributed by atoms with Gasteiger partial charge in [-0.3, -0.25) is 24.8 Å². The number of esters is 1. The zero-order valence-corrected chi connectivity index (χ0v) is 15.2. The molecule has 0 saturated carbocycles. The fourth-order valence-electron chi connectivity index (χ4n) is 2.84. The molecule has 2 aliphatic heterocycles. The number of pyridine rings is 1. The van der Waals surface area contributed by atoms with E-state index in [2.05, 4.69) is 4.98 Å². The second kappa shape index (κ2) is 7.28. The molecule has 1 aromatic heterocycles. The Morgan fingerprint density at radius 1 is 1.25 bits per heavy atom. The lowest BCUT2D eigenvalue weighted by Gasteiger charge is -2.37. The maximum atomic E-state index is 12.5. The van der Waals surface area contributed by atoms with Crippen molar-refractivity contribution in [3.63, 3.8) is 0 Å². The summed E-state index contributed by atoms with van der Waals surface area (Å²) in [5, 5.41) is 12.0. The van der Waals surface area contributed by atoms with E-state index in [0.29, 0.717) is 11.1 Å². The third-order valence-electron chi connectivity index (χ3n) is 4.29. The molecule has 0 bridgehead atoms. The predicted molar refractivity (Wildman–Crippen MR) is 101 cm³/mol. The summed E-state index contributed by atoms with van der Waals surface area (Å²) in [7, 11) is 0. The molecular weight excluding hydrogens is 382 g/mol. The Bertz CT molecular complexity index is 1020. The van der Waals surface area contributed by atoms with Crippen LogP contribution in [0, 0.1) is 10.1 Å². The van der Waals surface area contributed by atoms with Crippen LogP contribution in [0.1, 0.15) is 11.1 Å². The van der Waals surface area contributed by atoms with Crippen molar-refractivity contribution >= 4 is 35.4 Å². The van der Waals surface area contributed by atoms with E-state index in [-0.39, 0.29) is 29.3 Å². The van der Waals surface area contributed by atoms with Gasteiger partial charge in [-0.1, -0.05) is 0 Å². The summed E-state index contributed by atoms with van der Waals surface area (Å²) < 4.78 is 5.25. The highest BCUT2D eigenvalue weighted by molar-refractivity contribution is 8.03. The second-order valence-electron chi connectivity index (χ2n) is 6.05. The first-order valence-electron chi connectivity index (χ1n) is 8.26. The molecule has 4 rings (SSSR count). The summed E-state index contributed by atoms with van der Waals surface area (Å²) in [6.45, 7) is -0.0365. The SMILES string of the molecule is O=C(OCc1ccc([N+](=O)[O-])cc1)C1=CSC2/C(=C\c3ccncc3)C(=O)N12. The number of ether oxygens (including phenoxy) is 1. The van der Waals surface area contributed by atoms with E-state index >= 15 is 0 Å². The Morgan fingerprint density at radius 3 is 2.64 bits per heavy atom. The van der Waals surface area contributed by atoms with Crippen LogP contribution in [0.4, 0.5) is 5.69 Å². The average Bonchev–Trinajstić information content (AvgIpc) is 3.12. The Kier molecular flexibility index (Phi) is 4.66. The Labute approximate surface area is 163 Å². The molecule has 1 aromatic carbocycles. The number of hydrogen-bond acceptors (Lipinski definition) is 7. The third-order valence-corrected chi connectivity index (χ3v) is 5.37. The normalized spacial score (nSPS) is 19.1. The number of benzene rings is 1. The number of aromatic nitrogens is 1. The molecule has 9 heteroatoms. The van der Waals surface area contributed by atoms with Gasteiger partial charge in [-0.2, -0.15) is 0 Å². The van der Waals surface area contributed by atoms with Crippen LogP contribution in [0.3, 0.4) is 0 Å². The number of amides is 1. The molecule has 1 atom stereocenters. The van der Waals surface area contributed by atoms with Gasteiger partial charge in [0.25, 0.3) is 11.6 Å². The van der Waals surface area contributed by atoms with Gasteiger partial charge < -0.3 is 4.74 Å². The van der Waals surface area contributed by atoms with Crippen LogP contribution in [0.15, 0.2) is 65.5 Å². The summed E-state index contributed by atoms with van der Waals surface area (Å²) in [5.41, 5.74) is 2.27. The van der Waals surface area contributed by atoms with Crippen LogP contribution in [0.25, 0.3) is 6.08 Å². The number of non-ortho nitro benzene ring substituents is 1. The zero-order chi connectivity index (χ0) is 19.7. The Morgan fingerprint density at radius 2 is 1.96 bits per heavy atom. The number of nitrogens with zero attached hydrogens (tertiary/aromatic N) is 3. The molecule has 3 heterocycles. The molecule has 0 radical (unpaired) electrons. The van der Waals surface area contributed by atoms with Gasteiger partial charge in [0.15, 0.2) is 0 Å². The Balaban J connectivity index is 1.38. The van der Waals surface area contributed by atoms with E-state index in [4.69, 9.17) is 4.74 Å². The van der Waals surface area contributed by atoms with Crippen molar-refractivity contribution in [1.82, 2.24) is 9.88 Å². The summed E-state index contributed by atoms with van der Waals surface area (Å²) in [6.07, 6.45) is 5.08. The number of carbonyl (C=O) groups excluding carboxylic acids is 2. The molecule has 1 fully saturated rings. The number of β-lactam (4-membered cyclic amide) rings is 1. The molecule has 140 valence electrons. The molecule has 28 heavy (non-hydrogen) atoms. The van der Waals surface area contributed by atoms with Crippen LogP contribution in [-0.4, -0.2) is 32.1 Å². The van der Waals surface area contributed by atoms with Crippen LogP contribution < -0.4 is 0 Å². The van der Waals surface area contributed by atoms with Crippen LogP contribution in [-0.2, 0) is 20.9 Å². The summed E-state index contributed by atoms with van der Waals surface area (Å²) in [4.78, 5) is 40.3. The van der Waals surface area contributed by atoms with E-state index in [1.54, 1.807) is 36.0 Å². The Hall–Kier alpha value is -3.46. The third kappa shape index (κ3) is 3.27. The molecule has 2 aliphatic rings. The van der Waals surface area contributed by atoms with Gasteiger partial charge in [-0.05, 0) is 41.5 Å². The average molecular weight is 395 g/mol. The first-order chi connectivity index (χ1) is 13.5. The second-order valence-corrected chi connectivity index (χ2v) is 7.00. The summed E-state index contributed by atoms with van der Waals surface area (Å²) >= 11 is 1.37. The number of nitro groups is 1. The number of thioether (sulfide) groups is 1. The van der Waals surface area contributed by atoms with Gasteiger partial charge in [-0.15, -0.1) is 11.8 Å². The molecule has 0 aliphatic carbocycles. The first kappa shape index (κ1) is 17.9. The zero-order valence-electron chi connectivity index (χ0n) is 14.3. The molecule has 1 unspecified atom stereocenters. The van der Waals surface area contributed by atoms with Gasteiger partial charge in [0.1, 0.15) is 17.7 Å². The van der Waals surface area contributed by atoms with E-state index < -0.39 is 10.9 Å². The maximum absolute atomic E-state index is 12.5. The van der Waals surface area contributed by atoms with Crippen molar-refractivity contribution in [1.29, 1.82) is 0 Å². The van der Waals surface area contributed by atoms with Crippen molar-refractivity contribution < 1.29 is 19.2 Å². The van der Waals surface area contributed by atoms with Crippen molar-refractivity contribution in [2.24, 2.45) is 0 Å². The number of fused-ring (bicyclic) bond motifs is 1. The van der Waals surface area contributed by atoms with Crippen molar-refractivity contribution in [2.45, 2.75) is 12.0 Å². The predicted octanol–water partition coefficient (Wildman–Crippen LogP) is 2.87. The molecule has 0 spiro atoms. The lowest BCUT2D eigenvalue weighted by molar-refractivity contribution is -0.384. The highest BCUT2D eigenvalue weighted by Gasteiger charge is 2.49. The number of hydrogen-bond donors (Lipinski definition) is 0. The van der Waals surface area contributed by atoms with E-state index in [1.165, 1.54) is 40.9 Å². The molecular formula is C19H13N3O5S. The van der Waals surface area contributed by atoms with Gasteiger partial charge in [0.05, 0.1) is 10.5 Å². The minimum atomic E-state index is -0.607. The highest BCUT2D eigenvalue weighted by atomic mass is 32.2. The molecule has 1 saturated heterocycles. The number of carbonyl (C=O) groups is 2. The van der Waals surface area contributed by atoms with Gasteiger partial charge in [-0.25, -0.2) is 4.79 Å².